The zero-order valence-electron chi connectivity index (χ0n) is 14.0. The smallest absolute Gasteiger partial charge is 0.0546 e. The van der Waals surface area contributed by atoms with Crippen molar-refractivity contribution < 1.29 is 4.74 Å². The number of hydrogen-bond acceptors (Lipinski definition) is 3. The Morgan fingerprint density at radius 2 is 2.10 bits per heavy atom. The minimum absolute atomic E-state index is 0.194. The maximum atomic E-state index is 5.86. The van der Waals surface area contributed by atoms with Gasteiger partial charge in [-0.3, -0.25) is 4.90 Å². The monoisotopic (exact) mass is 282 g/mol. The molecule has 2 saturated heterocycles. The maximum Gasteiger partial charge on any atom is 0.0546 e. The quantitative estimate of drug-likeness (QED) is 0.839. The van der Waals surface area contributed by atoms with Crippen LogP contribution in [0.1, 0.15) is 59.8 Å². The molecule has 0 bridgehead atoms. The average molecular weight is 282 g/mol. The van der Waals surface area contributed by atoms with Gasteiger partial charge < -0.3 is 10.1 Å². The highest BCUT2D eigenvalue weighted by atomic mass is 16.5. The van der Waals surface area contributed by atoms with Crippen molar-refractivity contribution in [1.82, 2.24) is 10.2 Å². The normalized spacial score (nSPS) is 32.7. The van der Waals surface area contributed by atoms with Crippen molar-refractivity contribution in [3.8, 4) is 0 Å². The van der Waals surface area contributed by atoms with Gasteiger partial charge >= 0.3 is 0 Å². The fourth-order valence-electron chi connectivity index (χ4n) is 3.68. The van der Waals surface area contributed by atoms with Gasteiger partial charge in [-0.1, -0.05) is 6.92 Å². The maximum absolute atomic E-state index is 5.86. The van der Waals surface area contributed by atoms with E-state index in [9.17, 15) is 0 Å². The minimum Gasteiger partial charge on any atom is -0.381 e. The number of nitrogens with zero attached hydrogens (tertiary/aromatic N) is 1. The Hall–Kier alpha value is -0.120. The van der Waals surface area contributed by atoms with E-state index in [0.717, 1.165) is 25.8 Å². The van der Waals surface area contributed by atoms with Gasteiger partial charge in [0.15, 0.2) is 0 Å². The fraction of sp³-hybridized carbons (Fsp3) is 1.00. The van der Waals surface area contributed by atoms with E-state index in [1.807, 2.05) is 0 Å². The molecule has 20 heavy (non-hydrogen) atoms. The van der Waals surface area contributed by atoms with E-state index in [1.54, 1.807) is 0 Å². The van der Waals surface area contributed by atoms with Crippen LogP contribution in [-0.2, 0) is 4.74 Å². The Bertz CT molecular complexity index is 292. The van der Waals surface area contributed by atoms with Crippen LogP contribution in [0.5, 0.6) is 0 Å². The topological polar surface area (TPSA) is 24.5 Å². The highest BCUT2D eigenvalue weighted by Crippen LogP contribution is 2.33. The van der Waals surface area contributed by atoms with Gasteiger partial charge in [-0.05, 0) is 59.4 Å². The molecule has 0 radical (unpaired) electrons. The first-order valence-corrected chi connectivity index (χ1v) is 8.51. The highest BCUT2D eigenvalue weighted by molar-refractivity contribution is 4.92. The van der Waals surface area contributed by atoms with Gasteiger partial charge in [-0.25, -0.2) is 0 Å². The van der Waals surface area contributed by atoms with E-state index in [4.69, 9.17) is 4.74 Å². The van der Waals surface area contributed by atoms with E-state index in [-0.39, 0.29) is 5.54 Å². The van der Waals surface area contributed by atoms with Crippen molar-refractivity contribution >= 4 is 0 Å². The fourth-order valence-corrected chi connectivity index (χ4v) is 3.68. The van der Waals surface area contributed by atoms with Gasteiger partial charge in [-0.15, -0.1) is 0 Å². The van der Waals surface area contributed by atoms with Crippen LogP contribution in [0.2, 0.25) is 0 Å². The summed E-state index contributed by atoms with van der Waals surface area (Å²) in [5.41, 5.74) is 0.517. The van der Waals surface area contributed by atoms with Crippen molar-refractivity contribution in [2.75, 3.05) is 32.8 Å². The third kappa shape index (κ3) is 4.44. The lowest BCUT2D eigenvalue weighted by atomic mass is 9.81. The van der Waals surface area contributed by atoms with Crippen LogP contribution >= 0.6 is 0 Å². The number of rotatable bonds is 5. The van der Waals surface area contributed by atoms with E-state index in [2.05, 4.69) is 37.9 Å². The lowest BCUT2D eigenvalue weighted by Crippen LogP contribution is -2.53. The summed E-state index contributed by atoms with van der Waals surface area (Å²) in [5, 5.41) is 3.73. The van der Waals surface area contributed by atoms with Gasteiger partial charge in [0.05, 0.1) is 6.61 Å². The molecule has 118 valence electrons. The molecule has 2 aliphatic heterocycles. The first-order chi connectivity index (χ1) is 9.44. The van der Waals surface area contributed by atoms with E-state index in [1.165, 1.54) is 45.2 Å². The van der Waals surface area contributed by atoms with Gasteiger partial charge in [0.2, 0.25) is 0 Å². The molecule has 2 rings (SSSR count). The average Bonchev–Trinajstić information content (AvgIpc) is 2.84. The Kier molecular flexibility index (Phi) is 5.49. The predicted molar refractivity (Wildman–Crippen MR) is 85.1 cm³/mol. The van der Waals surface area contributed by atoms with Crippen molar-refractivity contribution in [1.29, 1.82) is 0 Å². The van der Waals surface area contributed by atoms with Gasteiger partial charge in [-0.2, -0.15) is 0 Å². The highest BCUT2D eigenvalue weighted by Gasteiger charge is 2.38. The second-order valence-electron chi connectivity index (χ2n) is 7.93. The van der Waals surface area contributed by atoms with Crippen LogP contribution in [0.3, 0.4) is 0 Å². The largest absolute Gasteiger partial charge is 0.381 e. The first kappa shape index (κ1) is 16.3. The molecule has 3 nitrogen and oxygen atoms in total. The van der Waals surface area contributed by atoms with Crippen molar-refractivity contribution in [3.63, 3.8) is 0 Å². The zero-order valence-corrected chi connectivity index (χ0v) is 14.0. The summed E-state index contributed by atoms with van der Waals surface area (Å²) in [5.74, 6) is 0. The zero-order chi connectivity index (χ0) is 14.6. The van der Waals surface area contributed by atoms with Crippen molar-refractivity contribution in [2.24, 2.45) is 5.41 Å². The Morgan fingerprint density at radius 3 is 2.70 bits per heavy atom. The summed E-state index contributed by atoms with van der Waals surface area (Å²) >= 11 is 0. The van der Waals surface area contributed by atoms with Gasteiger partial charge in [0.1, 0.15) is 0 Å². The molecule has 0 spiro atoms. The molecule has 2 unspecified atom stereocenters. The molecule has 0 aromatic heterocycles. The molecule has 0 aromatic rings. The minimum atomic E-state index is 0.194. The summed E-state index contributed by atoms with van der Waals surface area (Å²) in [4.78, 5) is 2.74. The van der Waals surface area contributed by atoms with Crippen molar-refractivity contribution in [2.45, 2.75) is 71.4 Å². The molecule has 3 heteroatoms. The molecule has 0 amide bonds. The molecule has 1 N–H and O–H groups in total. The summed E-state index contributed by atoms with van der Waals surface area (Å²) in [7, 11) is 0. The van der Waals surface area contributed by atoms with Crippen LogP contribution in [-0.4, -0.2) is 49.3 Å². The summed E-state index contributed by atoms with van der Waals surface area (Å²) in [6.45, 7) is 14.6. The third-order valence-corrected chi connectivity index (χ3v) is 4.91. The lowest BCUT2D eigenvalue weighted by Gasteiger charge is -2.43. The molecule has 2 fully saturated rings. The van der Waals surface area contributed by atoms with Crippen LogP contribution in [0, 0.1) is 5.41 Å². The number of likely N-dealkylation sites (tertiary alicyclic amines) is 1. The third-order valence-electron chi connectivity index (χ3n) is 4.91. The van der Waals surface area contributed by atoms with Gasteiger partial charge in [0, 0.05) is 36.7 Å². The first-order valence-electron chi connectivity index (χ1n) is 8.51. The Morgan fingerprint density at radius 1 is 1.30 bits per heavy atom. The van der Waals surface area contributed by atoms with E-state index >= 15 is 0 Å². The number of nitrogens with one attached hydrogen (secondary N) is 1. The number of hydrogen-bond donors (Lipinski definition) is 1. The second kappa shape index (κ2) is 6.76. The molecule has 2 aliphatic rings. The Balaban J connectivity index is 1.99. The van der Waals surface area contributed by atoms with Crippen molar-refractivity contribution in [3.05, 3.63) is 0 Å². The molecular weight excluding hydrogens is 248 g/mol. The SMILES string of the molecule is CCC1CCCN1CC1(CNC(C)(C)C)CCCOC1. The second-order valence-corrected chi connectivity index (χ2v) is 7.93. The van der Waals surface area contributed by atoms with Crippen LogP contribution in [0.4, 0.5) is 0 Å². The molecule has 2 heterocycles. The molecule has 2 atom stereocenters. The summed E-state index contributed by atoms with van der Waals surface area (Å²) in [6.07, 6.45) is 6.59. The van der Waals surface area contributed by atoms with Crippen LogP contribution < -0.4 is 5.32 Å². The van der Waals surface area contributed by atoms with Crippen LogP contribution in [0.15, 0.2) is 0 Å². The van der Waals surface area contributed by atoms with Gasteiger partial charge in [0.25, 0.3) is 0 Å². The molecule has 0 aromatic carbocycles. The summed E-state index contributed by atoms with van der Waals surface area (Å²) in [6, 6.07) is 0.809. The Labute approximate surface area is 125 Å². The standard InChI is InChI=1S/C17H34N2O/c1-5-15-8-6-10-19(15)13-17(9-7-11-20-14-17)12-18-16(2,3)4/h15,18H,5-14H2,1-4H3. The summed E-state index contributed by atoms with van der Waals surface area (Å²) < 4.78 is 5.86. The van der Waals surface area contributed by atoms with Crippen LogP contribution in [0.25, 0.3) is 0 Å². The van der Waals surface area contributed by atoms with E-state index < -0.39 is 0 Å². The lowest BCUT2D eigenvalue weighted by molar-refractivity contribution is -0.0308. The predicted octanol–water partition coefficient (Wildman–Crippen LogP) is 3.05. The molecule has 0 aliphatic carbocycles. The number of ether oxygens (including phenoxy) is 1. The molecule has 0 saturated carbocycles. The van der Waals surface area contributed by atoms with E-state index in [0.29, 0.717) is 5.41 Å². The molecular formula is C17H34N2O.